The topological polar surface area (TPSA) is 105 Å². The number of amides is 1. The minimum Gasteiger partial charge on any atom is -0.493 e. The lowest BCUT2D eigenvalue weighted by Crippen LogP contribution is -2.13. The molecule has 0 unspecified atom stereocenters. The Bertz CT molecular complexity index is 1340. The van der Waals surface area contributed by atoms with E-state index in [1.165, 1.54) is 37.5 Å². The van der Waals surface area contributed by atoms with Crippen LogP contribution in [0.2, 0.25) is 0 Å². The number of methoxy groups -OCH3 is 1. The standard InChI is InChI=1S/C24H19BrN2O5S/c1-16-3-10-21(11-4-16)33(29,30)32-23-14-17(5-12-22(23)31-2)13-18(15-26)24(28)27-20-8-6-19(25)7-9-20/h3-14H,1-2H3,(H,27,28)/b18-13+. The van der Waals surface area contributed by atoms with E-state index in [9.17, 15) is 18.5 Å². The van der Waals surface area contributed by atoms with Gasteiger partial charge in [-0.15, -0.1) is 0 Å². The summed E-state index contributed by atoms with van der Waals surface area (Å²) in [6.07, 6.45) is 1.33. The van der Waals surface area contributed by atoms with Gasteiger partial charge in [-0.25, -0.2) is 0 Å². The van der Waals surface area contributed by atoms with E-state index >= 15 is 0 Å². The molecule has 0 aliphatic heterocycles. The van der Waals surface area contributed by atoms with E-state index < -0.39 is 16.0 Å². The summed E-state index contributed by atoms with van der Waals surface area (Å²) >= 11 is 3.31. The molecule has 0 atom stereocenters. The first kappa shape index (κ1) is 24.0. The van der Waals surface area contributed by atoms with Crippen molar-refractivity contribution in [1.82, 2.24) is 0 Å². The molecule has 0 saturated heterocycles. The highest BCUT2D eigenvalue weighted by molar-refractivity contribution is 9.10. The van der Waals surface area contributed by atoms with Crippen molar-refractivity contribution < 1.29 is 22.1 Å². The van der Waals surface area contributed by atoms with E-state index in [1.807, 2.05) is 13.0 Å². The van der Waals surface area contributed by atoms with Crippen LogP contribution >= 0.6 is 15.9 Å². The first-order valence-electron chi connectivity index (χ1n) is 9.60. The maximum atomic E-state index is 12.7. The summed E-state index contributed by atoms with van der Waals surface area (Å²) in [6, 6.07) is 19.4. The lowest BCUT2D eigenvalue weighted by Gasteiger charge is -2.12. The summed E-state index contributed by atoms with van der Waals surface area (Å²) in [5, 5.41) is 12.1. The summed E-state index contributed by atoms with van der Waals surface area (Å²) in [5.74, 6) is -0.497. The largest absolute Gasteiger partial charge is 0.493 e. The predicted octanol–water partition coefficient (Wildman–Crippen LogP) is 5.08. The second-order valence-electron chi connectivity index (χ2n) is 6.89. The number of rotatable bonds is 7. The van der Waals surface area contributed by atoms with Gasteiger partial charge in [0.1, 0.15) is 16.5 Å². The van der Waals surface area contributed by atoms with Crippen LogP contribution in [0.4, 0.5) is 5.69 Å². The van der Waals surface area contributed by atoms with Gasteiger partial charge in [0.15, 0.2) is 11.5 Å². The number of carbonyl (C=O) groups excluding carboxylic acids is 1. The molecular formula is C24H19BrN2O5S. The van der Waals surface area contributed by atoms with Gasteiger partial charge in [0.25, 0.3) is 5.91 Å². The molecule has 1 N–H and O–H groups in total. The van der Waals surface area contributed by atoms with Gasteiger partial charge in [-0.3, -0.25) is 4.79 Å². The third-order valence-corrected chi connectivity index (χ3v) is 6.25. The van der Waals surface area contributed by atoms with Gasteiger partial charge in [0.05, 0.1) is 7.11 Å². The van der Waals surface area contributed by atoms with E-state index in [1.54, 1.807) is 42.5 Å². The third-order valence-electron chi connectivity index (χ3n) is 4.48. The molecule has 0 fully saturated rings. The van der Waals surface area contributed by atoms with Crippen LogP contribution in [0.15, 0.2) is 81.7 Å². The number of hydrogen-bond donors (Lipinski definition) is 1. The van der Waals surface area contributed by atoms with Crippen molar-refractivity contribution in [3.63, 3.8) is 0 Å². The summed E-state index contributed by atoms with van der Waals surface area (Å²) in [6.45, 7) is 1.84. The van der Waals surface area contributed by atoms with E-state index in [-0.39, 0.29) is 22.0 Å². The number of carbonyl (C=O) groups is 1. The predicted molar refractivity (Wildman–Crippen MR) is 128 cm³/mol. The third kappa shape index (κ3) is 6.22. The van der Waals surface area contributed by atoms with Gasteiger partial charge in [-0.2, -0.15) is 13.7 Å². The van der Waals surface area contributed by atoms with Crippen LogP contribution in [0.3, 0.4) is 0 Å². The van der Waals surface area contributed by atoms with Gasteiger partial charge in [0, 0.05) is 10.2 Å². The molecule has 0 aromatic heterocycles. The number of benzene rings is 3. The molecule has 7 nitrogen and oxygen atoms in total. The van der Waals surface area contributed by atoms with E-state index in [0.717, 1.165) is 10.0 Å². The highest BCUT2D eigenvalue weighted by Gasteiger charge is 2.20. The average Bonchev–Trinajstić information content (AvgIpc) is 2.79. The molecule has 1 amide bonds. The van der Waals surface area contributed by atoms with Gasteiger partial charge >= 0.3 is 10.1 Å². The molecule has 0 radical (unpaired) electrons. The number of aryl methyl sites for hydroxylation is 1. The monoisotopic (exact) mass is 526 g/mol. The quantitative estimate of drug-likeness (QED) is 0.261. The van der Waals surface area contributed by atoms with Crippen LogP contribution in [0.1, 0.15) is 11.1 Å². The number of ether oxygens (including phenoxy) is 1. The summed E-state index contributed by atoms with van der Waals surface area (Å²) < 4.78 is 36.7. The van der Waals surface area contributed by atoms with Crippen LogP contribution in [-0.4, -0.2) is 21.4 Å². The Morgan fingerprint density at radius 2 is 1.70 bits per heavy atom. The Morgan fingerprint density at radius 3 is 2.30 bits per heavy atom. The van der Waals surface area contributed by atoms with Crippen LogP contribution in [-0.2, 0) is 14.9 Å². The molecular weight excluding hydrogens is 508 g/mol. The van der Waals surface area contributed by atoms with Crippen molar-refractivity contribution in [2.75, 3.05) is 12.4 Å². The molecule has 0 spiro atoms. The van der Waals surface area contributed by atoms with Gasteiger partial charge in [0.2, 0.25) is 0 Å². The highest BCUT2D eigenvalue weighted by atomic mass is 79.9. The van der Waals surface area contributed by atoms with Gasteiger partial charge in [-0.1, -0.05) is 39.7 Å². The number of halogens is 1. The number of hydrogen-bond acceptors (Lipinski definition) is 6. The summed E-state index contributed by atoms with van der Waals surface area (Å²) in [7, 11) is -2.75. The zero-order chi connectivity index (χ0) is 24.0. The van der Waals surface area contributed by atoms with Crippen LogP contribution < -0.4 is 14.2 Å². The Kier molecular flexibility index (Phi) is 7.53. The minimum atomic E-state index is -4.12. The SMILES string of the molecule is COc1ccc(/C=C(\C#N)C(=O)Nc2ccc(Br)cc2)cc1OS(=O)(=O)c1ccc(C)cc1. The molecule has 0 aliphatic carbocycles. The van der Waals surface area contributed by atoms with Crippen molar-refractivity contribution in [3.8, 4) is 17.6 Å². The van der Waals surface area contributed by atoms with Crippen molar-refractivity contribution in [1.29, 1.82) is 5.26 Å². The fourth-order valence-corrected chi connectivity index (χ4v) is 3.96. The fourth-order valence-electron chi connectivity index (χ4n) is 2.77. The second-order valence-corrected chi connectivity index (χ2v) is 9.35. The van der Waals surface area contributed by atoms with E-state index in [0.29, 0.717) is 11.3 Å². The lowest BCUT2D eigenvalue weighted by atomic mass is 10.1. The minimum absolute atomic E-state index is 0.0114. The summed E-state index contributed by atoms with van der Waals surface area (Å²) in [5.41, 5.74) is 1.64. The Morgan fingerprint density at radius 1 is 1.03 bits per heavy atom. The zero-order valence-corrected chi connectivity index (χ0v) is 20.1. The number of nitriles is 1. The first-order chi connectivity index (χ1) is 15.7. The molecule has 0 heterocycles. The molecule has 0 bridgehead atoms. The molecule has 168 valence electrons. The second kappa shape index (κ2) is 10.3. The molecule has 33 heavy (non-hydrogen) atoms. The molecule has 3 aromatic rings. The van der Waals surface area contributed by atoms with E-state index in [2.05, 4.69) is 21.2 Å². The Labute approximate surface area is 200 Å². The summed E-state index contributed by atoms with van der Waals surface area (Å²) in [4.78, 5) is 12.5. The normalized spacial score (nSPS) is 11.4. The Balaban J connectivity index is 1.89. The highest BCUT2D eigenvalue weighted by Crippen LogP contribution is 2.31. The van der Waals surface area contributed by atoms with Crippen LogP contribution in [0.5, 0.6) is 11.5 Å². The van der Waals surface area contributed by atoms with Gasteiger partial charge < -0.3 is 14.2 Å². The number of anilines is 1. The molecule has 0 saturated carbocycles. The molecule has 9 heteroatoms. The lowest BCUT2D eigenvalue weighted by molar-refractivity contribution is -0.112. The average molecular weight is 527 g/mol. The maximum Gasteiger partial charge on any atom is 0.339 e. The Hall–Kier alpha value is -3.61. The van der Waals surface area contributed by atoms with Crippen molar-refractivity contribution in [2.24, 2.45) is 0 Å². The van der Waals surface area contributed by atoms with Crippen molar-refractivity contribution >= 4 is 43.7 Å². The van der Waals surface area contributed by atoms with Crippen molar-refractivity contribution in [2.45, 2.75) is 11.8 Å². The number of nitrogens with one attached hydrogen (secondary N) is 1. The maximum absolute atomic E-state index is 12.7. The molecule has 0 aliphatic rings. The zero-order valence-electron chi connectivity index (χ0n) is 17.7. The number of nitrogens with zero attached hydrogens (tertiary/aromatic N) is 1. The molecule has 3 rings (SSSR count). The van der Waals surface area contributed by atoms with Crippen molar-refractivity contribution in [3.05, 3.63) is 87.9 Å². The van der Waals surface area contributed by atoms with E-state index in [4.69, 9.17) is 8.92 Å². The van der Waals surface area contributed by atoms with Crippen LogP contribution in [0, 0.1) is 18.3 Å². The fraction of sp³-hybridized carbons (Fsp3) is 0.0833. The van der Waals surface area contributed by atoms with Crippen LogP contribution in [0.25, 0.3) is 6.08 Å². The van der Waals surface area contributed by atoms with Gasteiger partial charge in [-0.05, 0) is 67.1 Å². The smallest absolute Gasteiger partial charge is 0.339 e. The first-order valence-corrected chi connectivity index (χ1v) is 11.8. The molecule has 3 aromatic carbocycles.